The summed E-state index contributed by atoms with van der Waals surface area (Å²) in [6.07, 6.45) is 1.44. The fraction of sp³-hybridized carbons (Fsp3) is 0.125. The van der Waals surface area contributed by atoms with Crippen molar-refractivity contribution in [1.82, 2.24) is 4.72 Å². The Morgan fingerprint density at radius 1 is 1.17 bits per heavy atom. The molecule has 1 atom stereocenters. The smallest absolute Gasteiger partial charge is 0.240 e. The van der Waals surface area contributed by atoms with Crippen LogP contribution in [0.2, 0.25) is 0 Å². The molecule has 1 aromatic carbocycles. The quantitative estimate of drug-likeness (QED) is 0.632. The molecule has 0 saturated carbocycles. The zero-order chi connectivity index (χ0) is 17.2. The standard InChI is InChI=1S/C16H14BrNO4S2/c17-12-5-7-13(8-6-12)24(20,21)18-11-16(19,14-3-1-9-22-14)15-4-2-10-23-15/h1-10,18-19H,11H2. The number of nitrogens with one attached hydrogen (secondary N) is 1. The summed E-state index contributed by atoms with van der Waals surface area (Å²) in [6, 6.07) is 13.1. The fourth-order valence-corrected chi connectivity index (χ4v) is 4.37. The summed E-state index contributed by atoms with van der Waals surface area (Å²) in [4.78, 5) is 0.717. The van der Waals surface area contributed by atoms with Crippen LogP contribution in [0.1, 0.15) is 10.6 Å². The van der Waals surface area contributed by atoms with Gasteiger partial charge in [-0.2, -0.15) is 0 Å². The molecule has 0 aliphatic rings. The molecule has 2 N–H and O–H groups in total. The maximum absolute atomic E-state index is 12.5. The molecule has 3 rings (SSSR count). The summed E-state index contributed by atoms with van der Waals surface area (Å²) in [5, 5.41) is 12.9. The van der Waals surface area contributed by atoms with Crippen LogP contribution >= 0.6 is 27.3 Å². The van der Waals surface area contributed by atoms with E-state index in [4.69, 9.17) is 4.42 Å². The van der Waals surface area contributed by atoms with E-state index in [-0.39, 0.29) is 17.2 Å². The molecule has 1 unspecified atom stereocenters. The number of aliphatic hydroxyl groups is 1. The topological polar surface area (TPSA) is 79.5 Å². The number of furan rings is 1. The van der Waals surface area contributed by atoms with Crippen molar-refractivity contribution in [1.29, 1.82) is 0 Å². The van der Waals surface area contributed by atoms with Crippen LogP contribution in [0.25, 0.3) is 0 Å². The highest BCUT2D eigenvalue weighted by molar-refractivity contribution is 9.10. The average Bonchev–Trinajstić information content (AvgIpc) is 3.26. The van der Waals surface area contributed by atoms with Gasteiger partial charge in [0.05, 0.1) is 17.7 Å². The molecule has 2 heterocycles. The number of sulfonamides is 1. The molecular weight excluding hydrogens is 414 g/mol. The van der Waals surface area contributed by atoms with E-state index in [9.17, 15) is 13.5 Å². The summed E-state index contributed by atoms with van der Waals surface area (Å²) in [7, 11) is -3.76. The molecule has 126 valence electrons. The third-order valence-electron chi connectivity index (χ3n) is 3.50. The van der Waals surface area contributed by atoms with E-state index in [2.05, 4.69) is 20.7 Å². The van der Waals surface area contributed by atoms with Crippen LogP contribution in [0.3, 0.4) is 0 Å². The van der Waals surface area contributed by atoms with E-state index in [0.717, 1.165) is 4.47 Å². The van der Waals surface area contributed by atoms with Crippen LogP contribution in [-0.4, -0.2) is 20.1 Å². The van der Waals surface area contributed by atoms with Crippen molar-refractivity contribution in [3.8, 4) is 0 Å². The lowest BCUT2D eigenvalue weighted by Crippen LogP contribution is -2.40. The number of hydrogen-bond acceptors (Lipinski definition) is 5. The van der Waals surface area contributed by atoms with Gasteiger partial charge in [0.15, 0.2) is 5.60 Å². The molecule has 0 amide bonds. The van der Waals surface area contributed by atoms with E-state index < -0.39 is 15.6 Å². The third-order valence-corrected chi connectivity index (χ3v) is 6.47. The predicted octanol–water partition coefficient (Wildman–Crippen LogP) is 3.32. The first-order valence-corrected chi connectivity index (χ1v) is 10.1. The first kappa shape index (κ1) is 17.4. The molecular formula is C16H14BrNO4S2. The highest BCUT2D eigenvalue weighted by atomic mass is 79.9. The zero-order valence-electron chi connectivity index (χ0n) is 12.3. The van der Waals surface area contributed by atoms with Crippen molar-refractivity contribution in [2.75, 3.05) is 6.54 Å². The number of hydrogen-bond donors (Lipinski definition) is 2. The summed E-state index contributed by atoms with van der Waals surface area (Å²) in [5.41, 5.74) is -1.57. The average molecular weight is 428 g/mol. The number of benzene rings is 1. The Balaban J connectivity index is 1.88. The van der Waals surface area contributed by atoms with Gasteiger partial charge in [-0.25, -0.2) is 13.1 Å². The predicted molar refractivity (Wildman–Crippen MR) is 95.4 cm³/mol. The van der Waals surface area contributed by atoms with E-state index in [1.54, 1.807) is 36.4 Å². The minimum atomic E-state index is -3.76. The molecule has 0 aliphatic carbocycles. The second-order valence-electron chi connectivity index (χ2n) is 5.09. The summed E-state index contributed by atoms with van der Waals surface area (Å²) >= 11 is 4.59. The Morgan fingerprint density at radius 2 is 1.92 bits per heavy atom. The fourth-order valence-electron chi connectivity index (χ4n) is 2.22. The minimum Gasteiger partial charge on any atom is -0.466 e. The monoisotopic (exact) mass is 427 g/mol. The normalized spacial score (nSPS) is 14.4. The van der Waals surface area contributed by atoms with Crippen molar-refractivity contribution >= 4 is 37.3 Å². The summed E-state index contributed by atoms with van der Waals surface area (Å²) < 4.78 is 33.5. The largest absolute Gasteiger partial charge is 0.466 e. The molecule has 0 bridgehead atoms. The van der Waals surface area contributed by atoms with Gasteiger partial charge in [0, 0.05) is 9.35 Å². The maximum atomic E-state index is 12.5. The first-order valence-electron chi connectivity index (χ1n) is 6.97. The Hall–Kier alpha value is -1.45. The molecule has 8 heteroatoms. The Bertz CT molecular complexity index is 854. The summed E-state index contributed by atoms with van der Waals surface area (Å²) in [5.74, 6) is 0.281. The van der Waals surface area contributed by atoms with Crippen molar-refractivity contribution in [2.24, 2.45) is 0 Å². The lowest BCUT2D eigenvalue weighted by Gasteiger charge is -2.25. The number of rotatable bonds is 6. The third kappa shape index (κ3) is 3.47. The molecule has 0 spiro atoms. The van der Waals surface area contributed by atoms with E-state index >= 15 is 0 Å². The number of thiophene rings is 1. The van der Waals surface area contributed by atoms with Gasteiger partial charge < -0.3 is 9.52 Å². The molecule has 5 nitrogen and oxygen atoms in total. The first-order chi connectivity index (χ1) is 11.4. The van der Waals surface area contributed by atoms with Crippen LogP contribution in [-0.2, 0) is 15.6 Å². The lowest BCUT2D eigenvalue weighted by atomic mass is 9.99. The van der Waals surface area contributed by atoms with E-state index in [0.29, 0.717) is 4.88 Å². The molecule has 3 aromatic rings. The van der Waals surface area contributed by atoms with Crippen LogP contribution in [0.4, 0.5) is 0 Å². The van der Waals surface area contributed by atoms with Crippen molar-refractivity contribution in [2.45, 2.75) is 10.5 Å². The zero-order valence-corrected chi connectivity index (χ0v) is 15.6. The molecule has 0 saturated heterocycles. The second kappa shape index (κ2) is 6.81. The summed E-state index contributed by atoms with van der Waals surface area (Å²) in [6.45, 7) is -0.237. The van der Waals surface area contributed by atoms with Gasteiger partial charge in [0.1, 0.15) is 5.76 Å². The lowest BCUT2D eigenvalue weighted by molar-refractivity contribution is 0.0655. The minimum absolute atomic E-state index is 0.124. The van der Waals surface area contributed by atoms with Crippen molar-refractivity contribution < 1.29 is 17.9 Å². The molecule has 0 fully saturated rings. The molecule has 2 aromatic heterocycles. The van der Waals surface area contributed by atoms with Crippen molar-refractivity contribution in [3.63, 3.8) is 0 Å². The van der Waals surface area contributed by atoms with Gasteiger partial charge >= 0.3 is 0 Å². The van der Waals surface area contributed by atoms with Crippen molar-refractivity contribution in [3.05, 3.63) is 75.3 Å². The highest BCUT2D eigenvalue weighted by Crippen LogP contribution is 2.33. The Kier molecular flexibility index (Phi) is 4.93. The molecule has 24 heavy (non-hydrogen) atoms. The SMILES string of the molecule is O=S(=O)(NCC(O)(c1ccco1)c1cccs1)c1ccc(Br)cc1. The molecule has 0 radical (unpaired) electrons. The van der Waals surface area contributed by atoms with Crippen LogP contribution < -0.4 is 4.72 Å². The van der Waals surface area contributed by atoms with Gasteiger partial charge in [-0.3, -0.25) is 0 Å². The van der Waals surface area contributed by atoms with Crippen LogP contribution in [0, 0.1) is 0 Å². The van der Waals surface area contributed by atoms with Gasteiger partial charge in [-0.1, -0.05) is 22.0 Å². The maximum Gasteiger partial charge on any atom is 0.240 e. The van der Waals surface area contributed by atoms with E-state index in [1.807, 2.05) is 5.38 Å². The molecule has 0 aliphatic heterocycles. The van der Waals surface area contributed by atoms with E-state index in [1.165, 1.54) is 29.7 Å². The van der Waals surface area contributed by atoms with Gasteiger partial charge in [-0.05, 0) is 47.8 Å². The second-order valence-corrected chi connectivity index (χ2v) is 8.72. The Morgan fingerprint density at radius 3 is 2.50 bits per heavy atom. The van der Waals surface area contributed by atoms with Crippen LogP contribution in [0.15, 0.2) is 74.0 Å². The van der Waals surface area contributed by atoms with Crippen LogP contribution in [0.5, 0.6) is 0 Å². The van der Waals surface area contributed by atoms with Gasteiger partial charge in [0.2, 0.25) is 10.0 Å². The highest BCUT2D eigenvalue weighted by Gasteiger charge is 2.37. The van der Waals surface area contributed by atoms with Gasteiger partial charge in [0.25, 0.3) is 0 Å². The van der Waals surface area contributed by atoms with Gasteiger partial charge in [-0.15, -0.1) is 11.3 Å². The Labute approximate surface area is 152 Å². The number of halogens is 1.